The highest BCUT2D eigenvalue weighted by atomic mass is 32.1. The van der Waals surface area contributed by atoms with Crippen LogP contribution >= 0.6 is 22.7 Å². The molecule has 0 radical (unpaired) electrons. The first-order valence-corrected chi connectivity index (χ1v) is 9.62. The fraction of sp³-hybridized carbons (Fsp3) is 0. The molecule has 132 valence electrons. The Morgan fingerprint density at radius 3 is 2.67 bits per heavy atom. The van der Waals surface area contributed by atoms with E-state index in [2.05, 4.69) is 9.97 Å². The molecule has 27 heavy (non-hydrogen) atoms. The molecule has 0 unspecified atom stereocenters. The summed E-state index contributed by atoms with van der Waals surface area (Å²) >= 11 is 2.93. The van der Waals surface area contributed by atoms with Crippen molar-refractivity contribution in [2.24, 2.45) is 0 Å². The van der Waals surface area contributed by atoms with Gasteiger partial charge in [-0.1, -0.05) is 23.5 Å². The van der Waals surface area contributed by atoms with Gasteiger partial charge in [-0.05, 0) is 41.3 Å². The average Bonchev–Trinajstić information content (AvgIpc) is 3.35. The monoisotopic (exact) mass is 394 g/mol. The van der Waals surface area contributed by atoms with Crippen molar-refractivity contribution in [3.63, 3.8) is 0 Å². The summed E-state index contributed by atoms with van der Waals surface area (Å²) in [6.45, 7) is 0. The number of hydrogen-bond donors (Lipinski definition) is 0. The van der Waals surface area contributed by atoms with Crippen molar-refractivity contribution in [3.8, 4) is 22.2 Å². The molecule has 3 aromatic heterocycles. The van der Waals surface area contributed by atoms with Gasteiger partial charge in [-0.2, -0.15) is 9.38 Å². The van der Waals surface area contributed by atoms with E-state index in [1.807, 2.05) is 36.4 Å². The standard InChI is InChI=1S/C18H10N4O3S2/c23-22(24)17-15(20-18-21(17)9-10-26-18)25-12-7-5-11(6-8-12)16-19-13-3-1-2-4-14(13)27-16/h1-10H. The molecule has 0 amide bonds. The second-order valence-corrected chi connectivity index (χ2v) is 7.57. The normalized spacial score (nSPS) is 11.3. The van der Waals surface area contributed by atoms with Crippen LogP contribution in [0.15, 0.2) is 60.1 Å². The van der Waals surface area contributed by atoms with Gasteiger partial charge in [-0.3, -0.25) is 0 Å². The minimum atomic E-state index is -0.489. The van der Waals surface area contributed by atoms with Crippen molar-refractivity contribution in [1.29, 1.82) is 0 Å². The van der Waals surface area contributed by atoms with Crippen LogP contribution in [-0.4, -0.2) is 19.3 Å². The maximum Gasteiger partial charge on any atom is 0.393 e. The fourth-order valence-corrected chi connectivity index (χ4v) is 4.43. The second kappa shape index (κ2) is 6.15. The third-order valence-electron chi connectivity index (χ3n) is 3.99. The number of imidazole rings is 1. The van der Waals surface area contributed by atoms with Gasteiger partial charge < -0.3 is 14.9 Å². The van der Waals surface area contributed by atoms with Gasteiger partial charge in [0.15, 0.2) is 0 Å². The summed E-state index contributed by atoms with van der Waals surface area (Å²) in [5.74, 6) is 0.287. The number of thiazole rings is 2. The van der Waals surface area contributed by atoms with E-state index in [4.69, 9.17) is 4.74 Å². The van der Waals surface area contributed by atoms with E-state index in [1.165, 1.54) is 15.7 Å². The van der Waals surface area contributed by atoms with Gasteiger partial charge in [-0.15, -0.1) is 11.3 Å². The van der Waals surface area contributed by atoms with Gasteiger partial charge >= 0.3 is 11.7 Å². The summed E-state index contributed by atoms with van der Waals surface area (Å²) in [4.78, 5) is 20.2. The maximum absolute atomic E-state index is 11.4. The first-order valence-electron chi connectivity index (χ1n) is 7.93. The van der Waals surface area contributed by atoms with Crippen LogP contribution in [0.5, 0.6) is 11.6 Å². The van der Waals surface area contributed by atoms with Crippen molar-refractivity contribution >= 4 is 43.7 Å². The van der Waals surface area contributed by atoms with Crippen LogP contribution in [0.4, 0.5) is 5.82 Å². The first-order chi connectivity index (χ1) is 13.2. The molecule has 0 aliphatic carbocycles. The molecule has 3 heterocycles. The van der Waals surface area contributed by atoms with Gasteiger partial charge in [0.25, 0.3) is 4.96 Å². The van der Waals surface area contributed by atoms with E-state index >= 15 is 0 Å². The molecule has 5 rings (SSSR count). The lowest BCUT2D eigenvalue weighted by Gasteiger charge is -2.03. The number of hydrogen-bond acceptors (Lipinski definition) is 7. The van der Waals surface area contributed by atoms with Gasteiger partial charge in [0.05, 0.1) is 10.2 Å². The molecule has 5 aromatic rings. The van der Waals surface area contributed by atoms with E-state index in [0.29, 0.717) is 10.7 Å². The maximum atomic E-state index is 11.4. The smallest absolute Gasteiger partial charge is 0.393 e. The Hall–Kier alpha value is -3.30. The third kappa shape index (κ3) is 2.73. The topological polar surface area (TPSA) is 82.6 Å². The summed E-state index contributed by atoms with van der Waals surface area (Å²) in [5, 5.41) is 14.0. The molecule has 0 bridgehead atoms. The van der Waals surface area contributed by atoms with Crippen LogP contribution in [0, 0.1) is 10.1 Å². The number of para-hydroxylation sites is 1. The first kappa shape index (κ1) is 15.9. The number of ether oxygens (including phenoxy) is 1. The average molecular weight is 394 g/mol. The molecule has 0 N–H and O–H groups in total. The van der Waals surface area contributed by atoms with Crippen molar-refractivity contribution < 1.29 is 9.66 Å². The van der Waals surface area contributed by atoms with Crippen LogP contribution < -0.4 is 4.74 Å². The number of fused-ring (bicyclic) bond motifs is 2. The fourth-order valence-electron chi connectivity index (χ4n) is 2.76. The summed E-state index contributed by atoms with van der Waals surface area (Å²) in [5.41, 5.74) is 1.93. The highest BCUT2D eigenvalue weighted by molar-refractivity contribution is 7.21. The number of nitrogens with zero attached hydrogens (tertiary/aromatic N) is 4. The van der Waals surface area contributed by atoms with E-state index in [-0.39, 0.29) is 11.7 Å². The van der Waals surface area contributed by atoms with Crippen LogP contribution in [0.1, 0.15) is 0 Å². The number of benzene rings is 2. The van der Waals surface area contributed by atoms with Gasteiger partial charge in [0.2, 0.25) is 0 Å². The van der Waals surface area contributed by atoms with E-state index < -0.39 is 4.92 Å². The number of aromatic nitrogens is 3. The lowest BCUT2D eigenvalue weighted by Crippen LogP contribution is -1.95. The predicted molar refractivity (Wildman–Crippen MR) is 105 cm³/mol. The Kier molecular flexibility index (Phi) is 3.62. The van der Waals surface area contributed by atoms with E-state index in [1.54, 1.807) is 35.0 Å². The number of rotatable bonds is 4. The zero-order valence-electron chi connectivity index (χ0n) is 13.6. The van der Waals surface area contributed by atoms with Crippen molar-refractivity contribution in [3.05, 3.63) is 70.2 Å². The molecule has 0 spiro atoms. The highest BCUT2D eigenvalue weighted by Crippen LogP contribution is 2.35. The summed E-state index contributed by atoms with van der Waals surface area (Å²) in [7, 11) is 0. The summed E-state index contributed by atoms with van der Waals surface area (Å²) < 4.78 is 8.22. The van der Waals surface area contributed by atoms with Crippen molar-refractivity contribution in [2.45, 2.75) is 0 Å². The molecule has 0 saturated carbocycles. The molecule has 9 heteroatoms. The lowest BCUT2D eigenvalue weighted by atomic mass is 10.2. The van der Waals surface area contributed by atoms with E-state index in [0.717, 1.165) is 20.8 Å². The van der Waals surface area contributed by atoms with Gasteiger partial charge in [0.1, 0.15) is 17.0 Å². The molecule has 7 nitrogen and oxygen atoms in total. The molecule has 0 aliphatic heterocycles. The minimum Gasteiger partial charge on any atom is -0.433 e. The Labute approximate surface area is 160 Å². The van der Waals surface area contributed by atoms with Crippen LogP contribution in [0.2, 0.25) is 0 Å². The van der Waals surface area contributed by atoms with Crippen LogP contribution in [-0.2, 0) is 0 Å². The SMILES string of the molecule is O=[N+]([O-])c1c(Oc2ccc(-c3nc4ccccc4s3)cc2)nc2sccn12. The lowest BCUT2D eigenvalue weighted by molar-refractivity contribution is -0.391. The predicted octanol–water partition coefficient (Wildman–Crippen LogP) is 5.37. The largest absolute Gasteiger partial charge is 0.433 e. The highest BCUT2D eigenvalue weighted by Gasteiger charge is 2.25. The van der Waals surface area contributed by atoms with Crippen LogP contribution in [0.3, 0.4) is 0 Å². The number of nitro groups is 1. The molecule has 2 aromatic carbocycles. The Balaban J connectivity index is 1.46. The van der Waals surface area contributed by atoms with Crippen molar-refractivity contribution in [2.75, 3.05) is 0 Å². The van der Waals surface area contributed by atoms with Gasteiger partial charge in [0, 0.05) is 10.9 Å². The molecule has 0 aliphatic rings. The van der Waals surface area contributed by atoms with Gasteiger partial charge in [-0.25, -0.2) is 4.98 Å². The molecule has 0 fully saturated rings. The Bertz CT molecular complexity index is 1250. The molecule has 0 saturated heterocycles. The zero-order valence-corrected chi connectivity index (χ0v) is 15.2. The Morgan fingerprint density at radius 2 is 1.89 bits per heavy atom. The minimum absolute atomic E-state index is 0.0143. The van der Waals surface area contributed by atoms with E-state index in [9.17, 15) is 10.1 Å². The summed E-state index contributed by atoms with van der Waals surface area (Å²) in [6, 6.07) is 15.3. The molecule has 0 atom stereocenters. The third-order valence-corrected chi connectivity index (χ3v) is 5.83. The second-order valence-electron chi connectivity index (χ2n) is 5.67. The molecular formula is C18H10N4O3S2. The van der Waals surface area contributed by atoms with Crippen molar-refractivity contribution in [1.82, 2.24) is 14.4 Å². The van der Waals surface area contributed by atoms with Crippen LogP contribution in [0.25, 0.3) is 25.7 Å². The summed E-state index contributed by atoms with van der Waals surface area (Å²) in [6.07, 6.45) is 1.61. The zero-order chi connectivity index (χ0) is 18.4. The quantitative estimate of drug-likeness (QED) is 0.302. The Morgan fingerprint density at radius 1 is 1.07 bits per heavy atom. The molecular weight excluding hydrogens is 384 g/mol.